The maximum Gasteiger partial charge on any atom is 0.275 e. The first-order chi connectivity index (χ1) is 13.4. The smallest absolute Gasteiger partial charge is 0.275 e. The zero-order valence-corrected chi connectivity index (χ0v) is 16.8. The van der Waals surface area contributed by atoms with Gasteiger partial charge in [-0.05, 0) is 19.4 Å². The molecule has 0 radical (unpaired) electrons. The summed E-state index contributed by atoms with van der Waals surface area (Å²) in [5.41, 5.74) is 3.17. The van der Waals surface area contributed by atoms with Crippen molar-refractivity contribution in [2.75, 3.05) is 5.32 Å². The van der Waals surface area contributed by atoms with Crippen molar-refractivity contribution < 1.29 is 9.76 Å². The number of hydrogen-bond acceptors (Lipinski definition) is 7. The summed E-state index contributed by atoms with van der Waals surface area (Å²) in [6.45, 7) is 4.26. The van der Waals surface area contributed by atoms with E-state index in [9.17, 15) is 10.1 Å². The van der Waals surface area contributed by atoms with Gasteiger partial charge in [0.2, 0.25) is 0 Å². The standard InChI is InChI=1S/C19H17ClN4O3S/c1-12-3-5-14(6-4-12)13(2)23-27-17-8-15(7-16(9-17)24(25)26)21-10-18-11-22-19(20)28-18/h3-9,11,21H,10H2,1-2H3. The average Bonchev–Trinajstić information content (AvgIpc) is 3.10. The number of nitro benzene ring substituents is 1. The largest absolute Gasteiger partial charge is 0.380 e. The molecule has 0 saturated carbocycles. The van der Waals surface area contributed by atoms with Crippen LogP contribution in [0.3, 0.4) is 0 Å². The molecule has 1 aromatic heterocycles. The fourth-order valence-corrected chi connectivity index (χ4v) is 3.28. The molecule has 28 heavy (non-hydrogen) atoms. The molecule has 1 heterocycles. The highest BCUT2D eigenvalue weighted by molar-refractivity contribution is 7.15. The number of oxime groups is 1. The van der Waals surface area contributed by atoms with Gasteiger partial charge in [-0.1, -0.05) is 46.6 Å². The summed E-state index contributed by atoms with van der Waals surface area (Å²) in [7, 11) is 0. The van der Waals surface area contributed by atoms with Crippen LogP contribution in [-0.2, 0) is 6.54 Å². The Morgan fingerprint density at radius 2 is 2.07 bits per heavy atom. The summed E-state index contributed by atoms with van der Waals surface area (Å²) in [6.07, 6.45) is 1.66. The normalized spacial score (nSPS) is 11.3. The Bertz CT molecular complexity index is 1020. The van der Waals surface area contributed by atoms with E-state index in [1.54, 1.807) is 12.3 Å². The number of aryl methyl sites for hydroxylation is 1. The molecular weight excluding hydrogens is 400 g/mol. The first-order valence-electron chi connectivity index (χ1n) is 8.33. The van der Waals surface area contributed by atoms with Gasteiger partial charge in [0, 0.05) is 28.9 Å². The summed E-state index contributed by atoms with van der Waals surface area (Å²) < 4.78 is 0.445. The molecule has 0 bridgehead atoms. The van der Waals surface area contributed by atoms with E-state index in [2.05, 4.69) is 15.5 Å². The van der Waals surface area contributed by atoms with Crippen molar-refractivity contribution in [1.82, 2.24) is 4.98 Å². The van der Waals surface area contributed by atoms with Gasteiger partial charge in [0.1, 0.15) is 0 Å². The van der Waals surface area contributed by atoms with E-state index in [1.165, 1.54) is 23.5 Å². The molecule has 3 aromatic rings. The van der Waals surface area contributed by atoms with Gasteiger partial charge in [0.05, 0.1) is 23.2 Å². The van der Waals surface area contributed by atoms with Crippen molar-refractivity contribution in [1.29, 1.82) is 0 Å². The van der Waals surface area contributed by atoms with Crippen LogP contribution < -0.4 is 10.2 Å². The van der Waals surface area contributed by atoms with Gasteiger partial charge in [0.15, 0.2) is 10.2 Å². The monoisotopic (exact) mass is 416 g/mol. The Morgan fingerprint density at radius 3 is 2.71 bits per heavy atom. The van der Waals surface area contributed by atoms with Gasteiger partial charge in [-0.25, -0.2) is 4.98 Å². The lowest BCUT2D eigenvalue weighted by Gasteiger charge is -2.07. The molecule has 0 spiro atoms. The highest BCUT2D eigenvalue weighted by atomic mass is 35.5. The number of nitrogens with zero attached hydrogens (tertiary/aromatic N) is 3. The van der Waals surface area contributed by atoms with Crippen LogP contribution in [0.2, 0.25) is 4.47 Å². The molecule has 0 aliphatic carbocycles. The molecule has 0 saturated heterocycles. The Kier molecular flexibility index (Phi) is 6.23. The van der Waals surface area contributed by atoms with E-state index in [1.807, 2.05) is 38.1 Å². The van der Waals surface area contributed by atoms with Gasteiger partial charge >= 0.3 is 0 Å². The van der Waals surface area contributed by atoms with E-state index < -0.39 is 4.92 Å². The third-order valence-corrected chi connectivity index (χ3v) is 4.97. The topological polar surface area (TPSA) is 89.7 Å². The molecule has 0 aliphatic rings. The Hall–Kier alpha value is -2.97. The number of non-ortho nitro benzene ring substituents is 1. The number of halogens is 1. The molecule has 0 unspecified atom stereocenters. The molecule has 0 amide bonds. The number of hydrogen-bond donors (Lipinski definition) is 1. The van der Waals surface area contributed by atoms with Gasteiger partial charge in [-0.2, -0.15) is 0 Å². The molecule has 9 heteroatoms. The molecule has 7 nitrogen and oxygen atoms in total. The lowest BCUT2D eigenvalue weighted by Crippen LogP contribution is -2.01. The number of benzene rings is 2. The van der Waals surface area contributed by atoms with Gasteiger partial charge in [-0.15, -0.1) is 11.3 Å². The summed E-state index contributed by atoms with van der Waals surface area (Å²) in [6, 6.07) is 12.3. The number of aromatic nitrogens is 1. The van der Waals surface area contributed by atoms with Crippen LogP contribution in [0, 0.1) is 17.0 Å². The number of thiazole rings is 1. The van der Waals surface area contributed by atoms with Crippen LogP contribution in [0.15, 0.2) is 53.8 Å². The lowest BCUT2D eigenvalue weighted by molar-refractivity contribution is -0.384. The molecule has 0 atom stereocenters. The molecule has 144 valence electrons. The van der Waals surface area contributed by atoms with Crippen molar-refractivity contribution in [3.8, 4) is 5.75 Å². The third kappa shape index (κ3) is 5.28. The van der Waals surface area contributed by atoms with Crippen molar-refractivity contribution in [2.24, 2.45) is 5.16 Å². The van der Waals surface area contributed by atoms with Crippen LogP contribution in [0.4, 0.5) is 11.4 Å². The van der Waals surface area contributed by atoms with Crippen LogP contribution in [0.25, 0.3) is 0 Å². The summed E-state index contributed by atoms with van der Waals surface area (Å²) >= 11 is 7.16. The van der Waals surface area contributed by atoms with E-state index in [0.29, 0.717) is 22.4 Å². The Morgan fingerprint density at radius 1 is 1.32 bits per heavy atom. The number of anilines is 1. The lowest BCUT2D eigenvalue weighted by atomic mass is 10.1. The molecule has 0 fully saturated rings. The first kappa shape index (κ1) is 19.8. The van der Waals surface area contributed by atoms with Gasteiger partial charge in [0.25, 0.3) is 5.69 Å². The van der Waals surface area contributed by atoms with Crippen molar-refractivity contribution in [3.63, 3.8) is 0 Å². The highest BCUT2D eigenvalue weighted by Gasteiger charge is 2.12. The molecule has 2 aromatic carbocycles. The summed E-state index contributed by atoms with van der Waals surface area (Å²) in [5, 5.41) is 18.4. The van der Waals surface area contributed by atoms with Crippen molar-refractivity contribution in [2.45, 2.75) is 20.4 Å². The number of nitro groups is 1. The van der Waals surface area contributed by atoms with Crippen LogP contribution in [-0.4, -0.2) is 15.6 Å². The van der Waals surface area contributed by atoms with E-state index in [-0.39, 0.29) is 11.4 Å². The maximum atomic E-state index is 11.2. The van der Waals surface area contributed by atoms with Crippen LogP contribution in [0.1, 0.15) is 22.9 Å². The Labute approximate surface area is 170 Å². The Balaban J connectivity index is 1.77. The van der Waals surface area contributed by atoms with E-state index in [4.69, 9.17) is 16.4 Å². The average molecular weight is 417 g/mol. The minimum Gasteiger partial charge on any atom is -0.380 e. The fourth-order valence-electron chi connectivity index (χ4n) is 2.37. The van der Waals surface area contributed by atoms with Crippen LogP contribution >= 0.6 is 22.9 Å². The zero-order chi connectivity index (χ0) is 20.1. The summed E-state index contributed by atoms with van der Waals surface area (Å²) in [4.78, 5) is 21.1. The molecule has 0 aliphatic heterocycles. The second-order valence-corrected chi connectivity index (χ2v) is 7.74. The maximum absolute atomic E-state index is 11.2. The molecular formula is C19H17ClN4O3S. The minimum atomic E-state index is -0.474. The fraction of sp³-hybridized carbons (Fsp3) is 0.158. The van der Waals surface area contributed by atoms with Crippen LogP contribution in [0.5, 0.6) is 5.75 Å². The van der Waals surface area contributed by atoms with Crippen molar-refractivity contribution in [3.05, 3.63) is 79.2 Å². The van der Waals surface area contributed by atoms with E-state index in [0.717, 1.165) is 16.0 Å². The second kappa shape index (κ2) is 8.81. The number of nitrogens with one attached hydrogen (secondary N) is 1. The molecule has 1 N–H and O–H groups in total. The number of rotatable bonds is 7. The minimum absolute atomic E-state index is 0.0921. The first-order valence-corrected chi connectivity index (χ1v) is 9.52. The predicted molar refractivity (Wildman–Crippen MR) is 112 cm³/mol. The predicted octanol–water partition coefficient (Wildman–Crippen LogP) is 5.43. The van der Waals surface area contributed by atoms with Crippen molar-refractivity contribution >= 4 is 40.0 Å². The second-order valence-electron chi connectivity index (χ2n) is 6.04. The SMILES string of the molecule is CC(=NOc1cc(NCc2cnc(Cl)s2)cc([N+](=O)[O-])c1)c1ccc(C)cc1. The summed E-state index contributed by atoms with van der Waals surface area (Å²) in [5.74, 6) is 0.269. The van der Waals surface area contributed by atoms with Gasteiger partial charge < -0.3 is 10.2 Å². The molecule has 3 rings (SSSR count). The highest BCUT2D eigenvalue weighted by Crippen LogP contribution is 2.27. The van der Waals surface area contributed by atoms with E-state index >= 15 is 0 Å². The zero-order valence-electron chi connectivity index (χ0n) is 15.2. The van der Waals surface area contributed by atoms with Gasteiger partial charge in [-0.3, -0.25) is 10.1 Å². The third-order valence-electron chi connectivity index (χ3n) is 3.85. The quantitative estimate of drug-likeness (QED) is 0.315.